The average Bonchev–Trinajstić information content (AvgIpc) is 2.95. The lowest BCUT2D eigenvalue weighted by atomic mass is 10.1. The van der Waals surface area contributed by atoms with Crippen molar-refractivity contribution in [3.8, 4) is 0 Å². The number of ether oxygens (including phenoxy) is 1. The molecule has 3 aromatic rings. The van der Waals surface area contributed by atoms with E-state index in [1.165, 1.54) is 0 Å². The minimum atomic E-state index is -0.958. The van der Waals surface area contributed by atoms with Gasteiger partial charge in [0.1, 0.15) is 5.52 Å². The Kier molecular flexibility index (Phi) is 4.52. The van der Waals surface area contributed by atoms with E-state index in [2.05, 4.69) is 4.98 Å². The maximum Gasteiger partial charge on any atom is 0.338 e. The molecule has 1 heterocycles. The van der Waals surface area contributed by atoms with Crippen LogP contribution in [-0.2, 0) is 27.9 Å². The first-order valence-electron chi connectivity index (χ1n) is 7.02. The molecule has 0 saturated heterocycles. The van der Waals surface area contributed by atoms with Gasteiger partial charge < -0.3 is 9.15 Å². The molecule has 1 atom stereocenters. The Hall–Kier alpha value is -2.47. The summed E-state index contributed by atoms with van der Waals surface area (Å²) in [6.07, 6.45) is 1.62. The number of benzene rings is 2. The van der Waals surface area contributed by atoms with Crippen molar-refractivity contribution < 1.29 is 18.2 Å². The van der Waals surface area contributed by atoms with E-state index in [0.717, 1.165) is 11.1 Å². The van der Waals surface area contributed by atoms with Crippen LogP contribution in [0.15, 0.2) is 52.9 Å². The smallest absolute Gasteiger partial charge is 0.338 e. The monoisotopic (exact) mass is 329 g/mol. The van der Waals surface area contributed by atoms with Crippen molar-refractivity contribution in [1.82, 2.24) is 4.98 Å². The largest absolute Gasteiger partial charge is 0.452 e. The lowest BCUT2D eigenvalue weighted by Crippen LogP contribution is -2.06. The molecule has 0 unspecified atom stereocenters. The number of fused-ring (bicyclic) bond motifs is 1. The predicted molar refractivity (Wildman–Crippen MR) is 87.3 cm³/mol. The van der Waals surface area contributed by atoms with Crippen molar-refractivity contribution in [2.75, 3.05) is 6.26 Å². The Morgan fingerprint density at radius 3 is 2.83 bits per heavy atom. The molecule has 0 aliphatic carbocycles. The molecular weight excluding hydrogens is 314 g/mol. The van der Waals surface area contributed by atoms with E-state index < -0.39 is 16.8 Å². The Balaban J connectivity index is 1.68. The van der Waals surface area contributed by atoms with Crippen LogP contribution >= 0.6 is 0 Å². The van der Waals surface area contributed by atoms with E-state index in [1.54, 1.807) is 24.5 Å². The first-order valence-corrected chi connectivity index (χ1v) is 8.75. The number of esters is 1. The summed E-state index contributed by atoms with van der Waals surface area (Å²) in [5.74, 6) is 0.299. The van der Waals surface area contributed by atoms with Gasteiger partial charge in [-0.25, -0.2) is 9.78 Å². The number of para-hydroxylation sites is 2. The van der Waals surface area contributed by atoms with Crippen LogP contribution in [0.4, 0.5) is 0 Å². The van der Waals surface area contributed by atoms with Crippen molar-refractivity contribution >= 4 is 27.9 Å². The highest BCUT2D eigenvalue weighted by Gasteiger charge is 2.11. The predicted octanol–water partition coefficient (Wildman–Crippen LogP) is 3.06. The van der Waals surface area contributed by atoms with E-state index in [-0.39, 0.29) is 6.61 Å². The normalized spacial score (nSPS) is 12.2. The van der Waals surface area contributed by atoms with Gasteiger partial charge in [0.05, 0.1) is 5.56 Å². The van der Waals surface area contributed by atoms with E-state index in [0.29, 0.717) is 22.8 Å². The van der Waals surface area contributed by atoms with Gasteiger partial charge in [-0.05, 0) is 29.8 Å². The standard InChI is InChI=1S/C17H15NO4S/c1-23(20)11-12-5-4-6-13(9-12)17(19)21-10-16-18-14-7-2-3-8-15(14)22-16/h2-9H,10-11H2,1H3/t23-/m1/s1. The molecule has 0 saturated carbocycles. The molecule has 5 nitrogen and oxygen atoms in total. The molecule has 118 valence electrons. The van der Waals surface area contributed by atoms with Crippen molar-refractivity contribution in [1.29, 1.82) is 0 Å². The molecule has 0 amide bonds. The first-order chi connectivity index (χ1) is 11.1. The maximum atomic E-state index is 12.1. The third kappa shape index (κ3) is 3.84. The van der Waals surface area contributed by atoms with E-state index in [4.69, 9.17) is 9.15 Å². The van der Waals surface area contributed by atoms with Crippen molar-refractivity contribution in [2.45, 2.75) is 12.4 Å². The van der Waals surface area contributed by atoms with E-state index >= 15 is 0 Å². The maximum absolute atomic E-state index is 12.1. The molecule has 3 rings (SSSR count). The molecule has 0 spiro atoms. The lowest BCUT2D eigenvalue weighted by molar-refractivity contribution is 0.0440. The number of rotatable bonds is 5. The number of aromatic nitrogens is 1. The van der Waals surface area contributed by atoms with Crippen LogP contribution in [0, 0.1) is 0 Å². The van der Waals surface area contributed by atoms with Crippen LogP contribution in [-0.4, -0.2) is 21.4 Å². The summed E-state index contributed by atoms with van der Waals surface area (Å²) in [6.45, 7) is -0.0303. The summed E-state index contributed by atoms with van der Waals surface area (Å²) >= 11 is 0. The molecule has 2 aromatic carbocycles. The number of nitrogens with zero attached hydrogens (tertiary/aromatic N) is 1. The summed E-state index contributed by atoms with van der Waals surface area (Å²) in [4.78, 5) is 16.4. The number of hydrogen-bond donors (Lipinski definition) is 0. The topological polar surface area (TPSA) is 69.4 Å². The van der Waals surface area contributed by atoms with Gasteiger partial charge in [-0.1, -0.05) is 24.3 Å². The van der Waals surface area contributed by atoms with Crippen LogP contribution in [0.3, 0.4) is 0 Å². The summed E-state index contributed by atoms with van der Waals surface area (Å²) < 4.78 is 22.0. The Bertz CT molecular complexity index is 839. The van der Waals surface area contributed by atoms with E-state index in [9.17, 15) is 9.00 Å². The zero-order valence-electron chi connectivity index (χ0n) is 12.5. The zero-order valence-corrected chi connectivity index (χ0v) is 13.3. The molecule has 0 fully saturated rings. The molecule has 1 aromatic heterocycles. The molecule has 23 heavy (non-hydrogen) atoms. The van der Waals surface area contributed by atoms with Gasteiger partial charge in [-0.2, -0.15) is 0 Å². The van der Waals surface area contributed by atoms with Gasteiger partial charge >= 0.3 is 5.97 Å². The van der Waals surface area contributed by atoms with Crippen LogP contribution in [0.1, 0.15) is 21.8 Å². The minimum absolute atomic E-state index is 0.0303. The number of carbonyl (C=O) groups is 1. The van der Waals surface area contributed by atoms with Gasteiger partial charge in [-0.3, -0.25) is 4.21 Å². The van der Waals surface area contributed by atoms with Gasteiger partial charge in [0.2, 0.25) is 5.89 Å². The Morgan fingerprint density at radius 2 is 2.04 bits per heavy atom. The fourth-order valence-corrected chi connectivity index (χ4v) is 2.86. The highest BCUT2D eigenvalue weighted by atomic mass is 32.2. The fourth-order valence-electron chi connectivity index (χ4n) is 2.22. The molecule has 6 heteroatoms. The molecule has 0 N–H and O–H groups in total. The number of oxazole rings is 1. The third-order valence-corrected chi connectivity index (χ3v) is 3.94. The number of carbonyl (C=O) groups excluding carboxylic acids is 1. The molecular formula is C17H15NO4S. The zero-order chi connectivity index (χ0) is 16.2. The second kappa shape index (κ2) is 6.75. The summed E-state index contributed by atoms with van der Waals surface area (Å²) in [6, 6.07) is 14.3. The summed E-state index contributed by atoms with van der Waals surface area (Å²) in [5, 5.41) is 0. The molecule has 0 aliphatic rings. The van der Waals surface area contributed by atoms with Crippen molar-refractivity contribution in [2.24, 2.45) is 0 Å². The second-order valence-electron chi connectivity index (χ2n) is 5.07. The van der Waals surface area contributed by atoms with E-state index in [1.807, 2.05) is 30.3 Å². The third-order valence-electron chi connectivity index (χ3n) is 3.20. The van der Waals surface area contributed by atoms with Gasteiger partial charge in [0.25, 0.3) is 0 Å². The molecule has 0 bridgehead atoms. The van der Waals surface area contributed by atoms with Gasteiger partial charge in [0, 0.05) is 22.8 Å². The minimum Gasteiger partial charge on any atom is -0.452 e. The van der Waals surface area contributed by atoms with Gasteiger partial charge in [-0.15, -0.1) is 0 Å². The summed E-state index contributed by atoms with van der Waals surface area (Å²) in [7, 11) is -0.958. The molecule has 0 radical (unpaired) electrons. The van der Waals surface area contributed by atoms with Gasteiger partial charge in [0.15, 0.2) is 12.2 Å². The highest BCUT2D eigenvalue weighted by molar-refractivity contribution is 7.83. The average molecular weight is 329 g/mol. The van der Waals surface area contributed by atoms with Crippen molar-refractivity contribution in [3.05, 3.63) is 65.5 Å². The van der Waals surface area contributed by atoms with Crippen LogP contribution in [0.5, 0.6) is 0 Å². The second-order valence-corrected chi connectivity index (χ2v) is 6.50. The number of hydrogen-bond acceptors (Lipinski definition) is 5. The Labute approximate surface area is 135 Å². The quantitative estimate of drug-likeness (QED) is 0.673. The van der Waals surface area contributed by atoms with Crippen LogP contribution in [0.25, 0.3) is 11.1 Å². The molecule has 0 aliphatic heterocycles. The fraction of sp³-hybridized carbons (Fsp3) is 0.176. The highest BCUT2D eigenvalue weighted by Crippen LogP contribution is 2.16. The van der Waals surface area contributed by atoms with Crippen molar-refractivity contribution in [3.63, 3.8) is 0 Å². The Morgan fingerprint density at radius 1 is 1.22 bits per heavy atom. The summed E-state index contributed by atoms with van der Waals surface area (Å²) in [5.41, 5.74) is 2.64. The SMILES string of the molecule is C[S@@](=O)Cc1cccc(C(=O)OCc2nc3ccccc3o2)c1. The van der Waals surface area contributed by atoms with Crippen LogP contribution in [0.2, 0.25) is 0 Å². The van der Waals surface area contributed by atoms with Crippen LogP contribution < -0.4 is 0 Å². The lowest BCUT2D eigenvalue weighted by Gasteiger charge is -2.04. The first kappa shape index (κ1) is 15.4.